The normalized spacial score (nSPS) is 16.0. The highest BCUT2D eigenvalue weighted by atomic mass is 32.1. The standard InChI is InChI=1S/C19H22N4S/c1-14-11-15(2)18-17(12-14)24-19(21-18)23-9-7-22(8-10-23)13-16-3-5-20-6-4-16/h3-6,11-12H,7-10,13H2,1-2H3. The Hall–Kier alpha value is -1.98. The van der Waals surface area contributed by atoms with E-state index in [0.29, 0.717) is 0 Å². The average Bonchev–Trinajstić information content (AvgIpc) is 3.01. The van der Waals surface area contributed by atoms with Gasteiger partial charge in [0.25, 0.3) is 0 Å². The maximum Gasteiger partial charge on any atom is 0.186 e. The second-order valence-electron chi connectivity index (χ2n) is 6.54. The van der Waals surface area contributed by atoms with Gasteiger partial charge in [-0.25, -0.2) is 4.98 Å². The number of thiazole rings is 1. The number of pyridine rings is 1. The van der Waals surface area contributed by atoms with Gasteiger partial charge in [0.1, 0.15) is 0 Å². The summed E-state index contributed by atoms with van der Waals surface area (Å²) in [5, 5.41) is 1.17. The predicted molar refractivity (Wildman–Crippen MR) is 101 cm³/mol. The van der Waals surface area contributed by atoms with Gasteiger partial charge >= 0.3 is 0 Å². The highest BCUT2D eigenvalue weighted by Crippen LogP contribution is 2.32. The minimum Gasteiger partial charge on any atom is -0.345 e. The summed E-state index contributed by atoms with van der Waals surface area (Å²) in [6, 6.07) is 8.68. The first kappa shape index (κ1) is 15.5. The molecule has 5 heteroatoms. The van der Waals surface area contributed by atoms with E-state index in [2.05, 4.69) is 52.9 Å². The van der Waals surface area contributed by atoms with Gasteiger partial charge < -0.3 is 4.90 Å². The fourth-order valence-electron chi connectivity index (χ4n) is 3.34. The van der Waals surface area contributed by atoms with E-state index in [0.717, 1.165) is 32.7 Å². The first-order valence-electron chi connectivity index (χ1n) is 8.43. The Bertz CT molecular complexity index is 835. The minimum atomic E-state index is 1.01. The molecule has 4 rings (SSSR count). The molecule has 4 nitrogen and oxygen atoms in total. The predicted octanol–water partition coefficient (Wildman–Crippen LogP) is 3.63. The largest absolute Gasteiger partial charge is 0.345 e. The van der Waals surface area contributed by atoms with Crippen molar-refractivity contribution in [2.45, 2.75) is 20.4 Å². The van der Waals surface area contributed by atoms with Crippen LogP contribution in [0, 0.1) is 13.8 Å². The monoisotopic (exact) mass is 338 g/mol. The average molecular weight is 338 g/mol. The van der Waals surface area contributed by atoms with Crippen LogP contribution in [-0.4, -0.2) is 41.0 Å². The van der Waals surface area contributed by atoms with Gasteiger partial charge in [0.2, 0.25) is 0 Å². The Labute approximate surface area is 146 Å². The highest BCUT2D eigenvalue weighted by Gasteiger charge is 2.20. The molecule has 0 N–H and O–H groups in total. The molecule has 0 radical (unpaired) electrons. The lowest BCUT2D eigenvalue weighted by atomic mass is 10.1. The summed E-state index contributed by atoms with van der Waals surface area (Å²) in [6.45, 7) is 9.57. The summed E-state index contributed by atoms with van der Waals surface area (Å²) < 4.78 is 1.31. The molecule has 0 atom stereocenters. The number of benzene rings is 1. The fraction of sp³-hybridized carbons (Fsp3) is 0.368. The number of rotatable bonds is 3. The smallest absolute Gasteiger partial charge is 0.186 e. The second kappa shape index (κ2) is 6.49. The van der Waals surface area contributed by atoms with Crippen LogP contribution in [0.5, 0.6) is 0 Å². The van der Waals surface area contributed by atoms with Crippen LogP contribution in [-0.2, 0) is 6.54 Å². The van der Waals surface area contributed by atoms with E-state index in [9.17, 15) is 0 Å². The summed E-state index contributed by atoms with van der Waals surface area (Å²) in [4.78, 5) is 13.9. The molecule has 0 unspecified atom stereocenters. The summed E-state index contributed by atoms with van der Waals surface area (Å²) in [6.07, 6.45) is 3.74. The van der Waals surface area contributed by atoms with Crippen LogP contribution in [0.15, 0.2) is 36.7 Å². The van der Waals surface area contributed by atoms with Gasteiger partial charge in [-0.05, 0) is 48.7 Å². The lowest BCUT2D eigenvalue weighted by molar-refractivity contribution is 0.250. The van der Waals surface area contributed by atoms with E-state index < -0.39 is 0 Å². The van der Waals surface area contributed by atoms with Crippen molar-refractivity contribution in [3.8, 4) is 0 Å². The number of piperazine rings is 1. The number of nitrogens with zero attached hydrogens (tertiary/aromatic N) is 4. The van der Waals surface area contributed by atoms with Crippen LogP contribution in [0.4, 0.5) is 5.13 Å². The molecule has 3 aromatic rings. The van der Waals surface area contributed by atoms with E-state index in [1.807, 2.05) is 23.7 Å². The van der Waals surface area contributed by atoms with Crippen molar-refractivity contribution in [2.75, 3.05) is 31.1 Å². The van der Waals surface area contributed by atoms with E-state index in [-0.39, 0.29) is 0 Å². The molecule has 0 aliphatic carbocycles. The molecule has 1 aromatic carbocycles. The van der Waals surface area contributed by atoms with Gasteiger partial charge in [-0.2, -0.15) is 0 Å². The zero-order valence-corrected chi connectivity index (χ0v) is 15.0. The minimum absolute atomic E-state index is 1.01. The van der Waals surface area contributed by atoms with Gasteiger partial charge in [0.05, 0.1) is 10.2 Å². The first-order valence-corrected chi connectivity index (χ1v) is 9.25. The molecular weight excluding hydrogens is 316 g/mol. The van der Waals surface area contributed by atoms with Crippen LogP contribution in [0.25, 0.3) is 10.2 Å². The molecule has 1 aliphatic rings. The molecule has 1 fully saturated rings. The second-order valence-corrected chi connectivity index (χ2v) is 7.55. The Kier molecular flexibility index (Phi) is 4.21. The van der Waals surface area contributed by atoms with E-state index in [1.165, 1.54) is 32.0 Å². The molecular formula is C19H22N4S. The molecule has 1 aliphatic heterocycles. The van der Waals surface area contributed by atoms with Crippen molar-refractivity contribution in [3.05, 3.63) is 53.3 Å². The van der Waals surface area contributed by atoms with Crippen molar-refractivity contribution in [1.29, 1.82) is 0 Å². The maximum absolute atomic E-state index is 4.90. The number of hydrogen-bond donors (Lipinski definition) is 0. The van der Waals surface area contributed by atoms with Gasteiger partial charge in [0, 0.05) is 45.1 Å². The topological polar surface area (TPSA) is 32.3 Å². The SMILES string of the molecule is Cc1cc(C)c2nc(N3CCN(Cc4ccncc4)CC3)sc2c1. The zero-order valence-electron chi connectivity index (χ0n) is 14.2. The summed E-state index contributed by atoms with van der Waals surface area (Å²) >= 11 is 1.83. The number of aryl methyl sites for hydroxylation is 2. The van der Waals surface area contributed by atoms with E-state index in [4.69, 9.17) is 4.98 Å². The van der Waals surface area contributed by atoms with Crippen LogP contribution >= 0.6 is 11.3 Å². The molecule has 0 bridgehead atoms. The lowest BCUT2D eigenvalue weighted by Gasteiger charge is -2.34. The fourth-order valence-corrected chi connectivity index (χ4v) is 4.53. The number of anilines is 1. The molecule has 2 aromatic heterocycles. The quantitative estimate of drug-likeness (QED) is 0.730. The van der Waals surface area contributed by atoms with Gasteiger partial charge in [-0.3, -0.25) is 9.88 Å². The number of aromatic nitrogens is 2. The summed E-state index contributed by atoms with van der Waals surface area (Å²) in [5.74, 6) is 0. The Morgan fingerprint density at radius 3 is 2.54 bits per heavy atom. The molecule has 0 spiro atoms. The summed E-state index contributed by atoms with van der Waals surface area (Å²) in [5.41, 5.74) is 5.10. The molecule has 124 valence electrons. The van der Waals surface area contributed by atoms with Gasteiger partial charge in [-0.15, -0.1) is 0 Å². The third kappa shape index (κ3) is 3.14. The highest BCUT2D eigenvalue weighted by molar-refractivity contribution is 7.22. The summed E-state index contributed by atoms with van der Waals surface area (Å²) in [7, 11) is 0. The first-order chi connectivity index (χ1) is 11.7. The van der Waals surface area contributed by atoms with Crippen molar-refractivity contribution >= 4 is 26.7 Å². The zero-order chi connectivity index (χ0) is 16.5. The molecule has 3 heterocycles. The Morgan fingerprint density at radius 1 is 1.04 bits per heavy atom. The van der Waals surface area contributed by atoms with Crippen LogP contribution < -0.4 is 4.90 Å². The van der Waals surface area contributed by atoms with Gasteiger partial charge in [-0.1, -0.05) is 17.4 Å². The number of fused-ring (bicyclic) bond motifs is 1. The Morgan fingerprint density at radius 2 is 1.79 bits per heavy atom. The molecule has 0 saturated carbocycles. The number of hydrogen-bond acceptors (Lipinski definition) is 5. The lowest BCUT2D eigenvalue weighted by Crippen LogP contribution is -2.45. The van der Waals surface area contributed by atoms with Crippen molar-refractivity contribution in [1.82, 2.24) is 14.9 Å². The molecule has 0 amide bonds. The van der Waals surface area contributed by atoms with Crippen LogP contribution in [0.2, 0.25) is 0 Å². The third-order valence-electron chi connectivity index (χ3n) is 4.62. The molecule has 1 saturated heterocycles. The van der Waals surface area contributed by atoms with Crippen molar-refractivity contribution in [3.63, 3.8) is 0 Å². The van der Waals surface area contributed by atoms with Crippen molar-refractivity contribution < 1.29 is 0 Å². The third-order valence-corrected chi connectivity index (χ3v) is 5.68. The van der Waals surface area contributed by atoms with E-state index in [1.54, 1.807) is 0 Å². The maximum atomic E-state index is 4.90. The van der Waals surface area contributed by atoms with Crippen LogP contribution in [0.3, 0.4) is 0 Å². The van der Waals surface area contributed by atoms with Crippen molar-refractivity contribution in [2.24, 2.45) is 0 Å². The molecule has 24 heavy (non-hydrogen) atoms. The van der Waals surface area contributed by atoms with Crippen LogP contribution in [0.1, 0.15) is 16.7 Å². The Balaban J connectivity index is 1.45. The van der Waals surface area contributed by atoms with E-state index >= 15 is 0 Å². The van der Waals surface area contributed by atoms with Gasteiger partial charge in [0.15, 0.2) is 5.13 Å².